The molecular weight excluding hydrogens is 458 g/mol. The number of nitrogens with zero attached hydrogens (tertiary/aromatic N) is 5. The van der Waals surface area contributed by atoms with Crippen molar-refractivity contribution >= 4 is 27.3 Å². The molecule has 9 heteroatoms. The van der Waals surface area contributed by atoms with Gasteiger partial charge in [0.25, 0.3) is 10.0 Å². The Morgan fingerprint density at radius 1 is 1.06 bits per heavy atom. The third kappa shape index (κ3) is 5.57. The van der Waals surface area contributed by atoms with E-state index in [1.165, 1.54) is 4.31 Å². The largest absolute Gasteiger partial charge is 0.307 e. The van der Waals surface area contributed by atoms with E-state index in [9.17, 15) is 8.42 Å². The van der Waals surface area contributed by atoms with Gasteiger partial charge in [-0.15, -0.1) is 10.2 Å². The predicted octanol–water partition coefficient (Wildman–Crippen LogP) is 5.24. The van der Waals surface area contributed by atoms with Crippen molar-refractivity contribution in [1.29, 1.82) is 0 Å². The summed E-state index contributed by atoms with van der Waals surface area (Å²) in [4.78, 5) is 2.28. The lowest BCUT2D eigenvalue weighted by Gasteiger charge is -2.27. The Morgan fingerprint density at radius 3 is 2.36 bits per heavy atom. The van der Waals surface area contributed by atoms with Gasteiger partial charge in [-0.3, -0.25) is 4.31 Å². The number of halogens is 1. The highest BCUT2D eigenvalue weighted by Gasteiger charge is 2.29. The van der Waals surface area contributed by atoms with Crippen LogP contribution in [0.3, 0.4) is 0 Å². The van der Waals surface area contributed by atoms with Crippen LogP contribution in [0.2, 0.25) is 5.02 Å². The molecule has 1 heterocycles. The summed E-state index contributed by atoms with van der Waals surface area (Å²) in [5.74, 6) is 1.41. The molecule has 0 amide bonds. The first-order valence-electron chi connectivity index (χ1n) is 11.1. The maximum Gasteiger partial charge on any atom is 0.264 e. The smallest absolute Gasteiger partial charge is 0.264 e. The Morgan fingerprint density at radius 2 is 1.76 bits per heavy atom. The maximum absolute atomic E-state index is 13.7. The average Bonchev–Trinajstić information content (AvgIpc) is 3.18. The van der Waals surface area contributed by atoms with Crippen LogP contribution in [0, 0.1) is 0 Å². The zero-order chi connectivity index (χ0) is 24.2. The maximum atomic E-state index is 13.7. The van der Waals surface area contributed by atoms with E-state index >= 15 is 0 Å². The number of benzene rings is 2. The molecule has 1 aromatic heterocycles. The molecule has 7 nitrogen and oxygen atoms in total. The highest BCUT2D eigenvalue weighted by Crippen LogP contribution is 2.37. The fourth-order valence-corrected chi connectivity index (χ4v) is 5.45. The summed E-state index contributed by atoms with van der Waals surface area (Å²) >= 11 is 6.40. The second-order valence-corrected chi connectivity index (χ2v) is 10.8. The van der Waals surface area contributed by atoms with E-state index in [1.807, 2.05) is 30.5 Å². The molecule has 2 aromatic carbocycles. The lowest BCUT2D eigenvalue weighted by atomic mass is 10.1. The summed E-state index contributed by atoms with van der Waals surface area (Å²) in [5.41, 5.74) is 1.19. The first kappa shape index (κ1) is 25.2. The van der Waals surface area contributed by atoms with Gasteiger partial charge in [-0.25, -0.2) is 8.42 Å². The van der Waals surface area contributed by atoms with Crippen molar-refractivity contribution in [2.45, 2.75) is 51.1 Å². The second kappa shape index (κ2) is 10.7. The SMILES string of the molecule is CCCCN(c1ccc(Cl)cc1-c1nnc(CN(C)C)n1C(C)C)S(=O)(=O)c1ccccc1. The van der Waals surface area contributed by atoms with Crippen molar-refractivity contribution in [3.63, 3.8) is 0 Å². The summed E-state index contributed by atoms with van der Waals surface area (Å²) in [6.07, 6.45) is 1.58. The Hall–Kier alpha value is -2.42. The topological polar surface area (TPSA) is 71.3 Å². The molecule has 0 aliphatic carbocycles. The van der Waals surface area contributed by atoms with Crippen LogP contribution < -0.4 is 4.31 Å². The molecule has 0 atom stereocenters. The lowest BCUT2D eigenvalue weighted by molar-refractivity contribution is 0.375. The van der Waals surface area contributed by atoms with Crippen molar-refractivity contribution < 1.29 is 8.42 Å². The molecule has 3 rings (SSSR count). The van der Waals surface area contributed by atoms with E-state index in [0.29, 0.717) is 35.2 Å². The third-order valence-electron chi connectivity index (χ3n) is 5.25. The van der Waals surface area contributed by atoms with Crippen LogP contribution in [0.15, 0.2) is 53.4 Å². The first-order valence-corrected chi connectivity index (χ1v) is 12.9. The molecule has 178 valence electrons. The number of sulfonamides is 1. The summed E-state index contributed by atoms with van der Waals surface area (Å²) in [6, 6.07) is 13.8. The van der Waals surface area contributed by atoms with Crippen molar-refractivity contribution in [3.8, 4) is 11.4 Å². The van der Waals surface area contributed by atoms with Crippen molar-refractivity contribution in [2.75, 3.05) is 24.9 Å². The summed E-state index contributed by atoms with van der Waals surface area (Å²) in [6.45, 7) is 7.13. The fourth-order valence-electron chi connectivity index (χ4n) is 3.74. The van der Waals surface area contributed by atoms with Crippen LogP contribution >= 0.6 is 11.6 Å². The van der Waals surface area contributed by atoms with Crippen LogP contribution in [0.4, 0.5) is 5.69 Å². The van der Waals surface area contributed by atoms with Crippen molar-refractivity contribution in [3.05, 3.63) is 59.4 Å². The molecule has 0 saturated carbocycles. The quantitative estimate of drug-likeness (QED) is 0.389. The van der Waals surface area contributed by atoms with Gasteiger partial charge in [-0.2, -0.15) is 0 Å². The third-order valence-corrected chi connectivity index (χ3v) is 7.32. The molecule has 33 heavy (non-hydrogen) atoms. The minimum absolute atomic E-state index is 0.0756. The van der Waals surface area contributed by atoms with Crippen molar-refractivity contribution in [2.24, 2.45) is 0 Å². The van der Waals surface area contributed by atoms with Crippen molar-refractivity contribution in [1.82, 2.24) is 19.7 Å². The van der Waals surface area contributed by atoms with Gasteiger partial charge in [0.1, 0.15) is 5.82 Å². The average molecular weight is 490 g/mol. The number of unbranched alkanes of at least 4 members (excludes halogenated alkanes) is 1. The second-order valence-electron chi connectivity index (χ2n) is 8.55. The van der Waals surface area contributed by atoms with Crippen LogP contribution in [0.5, 0.6) is 0 Å². The van der Waals surface area contributed by atoms with E-state index < -0.39 is 10.0 Å². The molecule has 0 fully saturated rings. The number of aromatic nitrogens is 3. The fraction of sp³-hybridized carbons (Fsp3) is 0.417. The Balaban J connectivity index is 2.23. The summed E-state index contributed by atoms with van der Waals surface area (Å²) in [7, 11) is 0.159. The van der Waals surface area contributed by atoms with Gasteiger partial charge in [0.2, 0.25) is 0 Å². The highest BCUT2D eigenvalue weighted by molar-refractivity contribution is 7.92. The van der Waals surface area contributed by atoms with Gasteiger partial charge in [-0.1, -0.05) is 43.1 Å². The molecular formula is C24H32ClN5O2S. The molecule has 0 aliphatic heterocycles. The standard InChI is InChI=1S/C24H32ClN5O2S/c1-6-7-15-29(33(31,32)20-11-9-8-10-12-20)22-14-13-19(25)16-21(22)24-27-26-23(17-28(4)5)30(24)18(2)3/h8-14,16,18H,6-7,15,17H2,1-5H3. The minimum atomic E-state index is -3.79. The van der Waals surface area contributed by atoms with Gasteiger partial charge >= 0.3 is 0 Å². The van der Waals surface area contributed by atoms with Gasteiger partial charge in [0.15, 0.2) is 5.82 Å². The molecule has 0 radical (unpaired) electrons. The Bertz CT molecular complexity index is 1180. The first-order chi connectivity index (χ1) is 15.7. The van der Waals surface area contributed by atoms with Crippen LogP contribution in [-0.4, -0.2) is 48.7 Å². The Kier molecular flexibility index (Phi) is 8.15. The molecule has 0 unspecified atom stereocenters. The van der Waals surface area contributed by atoms with Gasteiger partial charge < -0.3 is 9.47 Å². The van der Waals surface area contributed by atoms with Gasteiger partial charge in [-0.05, 0) is 64.7 Å². The number of rotatable bonds is 10. The van der Waals surface area contributed by atoms with Crippen LogP contribution in [0.1, 0.15) is 45.5 Å². The zero-order valence-electron chi connectivity index (χ0n) is 19.9. The van der Waals surface area contributed by atoms with E-state index in [4.69, 9.17) is 11.6 Å². The summed E-state index contributed by atoms with van der Waals surface area (Å²) in [5, 5.41) is 9.42. The predicted molar refractivity (Wildman–Crippen MR) is 134 cm³/mol. The van der Waals surface area contributed by atoms with E-state index in [-0.39, 0.29) is 10.9 Å². The monoisotopic (exact) mass is 489 g/mol. The molecule has 0 saturated heterocycles. The van der Waals surface area contributed by atoms with Crippen LogP contribution in [-0.2, 0) is 16.6 Å². The number of hydrogen-bond donors (Lipinski definition) is 0. The number of hydrogen-bond acceptors (Lipinski definition) is 5. The molecule has 0 N–H and O–H groups in total. The van der Waals surface area contributed by atoms with E-state index in [2.05, 4.69) is 24.0 Å². The Labute approximate surface area is 202 Å². The van der Waals surface area contributed by atoms with E-state index in [0.717, 1.165) is 18.7 Å². The minimum Gasteiger partial charge on any atom is -0.307 e. The van der Waals surface area contributed by atoms with Crippen LogP contribution in [0.25, 0.3) is 11.4 Å². The summed E-state index contributed by atoms with van der Waals surface area (Å²) < 4.78 is 31.0. The van der Waals surface area contributed by atoms with E-state index in [1.54, 1.807) is 48.5 Å². The number of anilines is 1. The normalized spacial score (nSPS) is 12.0. The molecule has 0 bridgehead atoms. The molecule has 0 spiro atoms. The molecule has 3 aromatic rings. The van der Waals surface area contributed by atoms with Gasteiger partial charge in [0, 0.05) is 23.2 Å². The van der Waals surface area contributed by atoms with Gasteiger partial charge in [0.05, 0.1) is 17.1 Å². The molecule has 0 aliphatic rings. The lowest BCUT2D eigenvalue weighted by Crippen LogP contribution is -2.32. The highest BCUT2D eigenvalue weighted by atomic mass is 35.5. The zero-order valence-corrected chi connectivity index (χ0v) is 21.4.